The zero-order valence-corrected chi connectivity index (χ0v) is 18.1. The molecular formula is C22H30F2N6O. The van der Waals surface area contributed by atoms with E-state index >= 15 is 0 Å². The minimum Gasteiger partial charge on any atom is -0.383 e. The highest BCUT2D eigenvalue weighted by molar-refractivity contribution is 5.56. The van der Waals surface area contributed by atoms with Crippen molar-refractivity contribution in [1.29, 1.82) is 0 Å². The molecule has 7 nitrogen and oxygen atoms in total. The van der Waals surface area contributed by atoms with Crippen molar-refractivity contribution in [3.63, 3.8) is 0 Å². The normalized spacial score (nSPS) is 20.3. The number of pyridine rings is 1. The van der Waals surface area contributed by atoms with E-state index in [0.717, 1.165) is 57.9 Å². The predicted octanol–water partition coefficient (Wildman–Crippen LogP) is 3.81. The summed E-state index contributed by atoms with van der Waals surface area (Å²) in [4.78, 5) is 16.1. The van der Waals surface area contributed by atoms with Gasteiger partial charge in [0, 0.05) is 44.3 Å². The highest BCUT2D eigenvalue weighted by atomic mass is 19.3. The highest BCUT2D eigenvalue weighted by Gasteiger charge is 2.29. The third kappa shape index (κ3) is 5.27. The molecule has 2 aromatic rings. The molecule has 2 fully saturated rings. The fraction of sp³-hybridized carbons (Fsp3) is 0.591. The van der Waals surface area contributed by atoms with Gasteiger partial charge in [0.05, 0.1) is 18.3 Å². The Balaban J connectivity index is 1.66. The molecule has 2 N–H and O–H groups in total. The van der Waals surface area contributed by atoms with Crippen LogP contribution in [0.5, 0.6) is 0 Å². The standard InChI is InChI=1S/C22H30F2N6O/c1-22(23,24)16-7-10-26-19(12-16)28-20-13-18(15-5-8-25-9-6-15)27-21(29-20)30-11-3-4-17(30)14-31-2/h7,10,12-13,15,17,25H,3-6,8-9,11,14H2,1-2H3,(H,26,27,28,29). The van der Waals surface area contributed by atoms with Crippen molar-refractivity contribution in [2.75, 3.05) is 43.6 Å². The quantitative estimate of drug-likeness (QED) is 0.689. The highest BCUT2D eigenvalue weighted by Crippen LogP contribution is 2.32. The number of aromatic nitrogens is 3. The van der Waals surface area contributed by atoms with Crippen molar-refractivity contribution in [1.82, 2.24) is 20.3 Å². The summed E-state index contributed by atoms with van der Waals surface area (Å²) >= 11 is 0. The Bertz CT molecular complexity index is 885. The molecule has 0 aliphatic carbocycles. The lowest BCUT2D eigenvalue weighted by atomic mass is 9.94. The summed E-state index contributed by atoms with van der Waals surface area (Å²) in [6.07, 6.45) is 5.50. The van der Waals surface area contributed by atoms with Gasteiger partial charge in [-0.25, -0.2) is 18.7 Å². The lowest BCUT2D eigenvalue weighted by molar-refractivity contribution is 0.0174. The van der Waals surface area contributed by atoms with Crippen LogP contribution in [0, 0.1) is 0 Å². The Morgan fingerprint density at radius 1 is 1.19 bits per heavy atom. The van der Waals surface area contributed by atoms with Crippen molar-refractivity contribution in [2.45, 2.75) is 50.5 Å². The largest absolute Gasteiger partial charge is 0.383 e. The van der Waals surface area contributed by atoms with Gasteiger partial charge in [-0.15, -0.1) is 0 Å². The van der Waals surface area contributed by atoms with Gasteiger partial charge in [0.1, 0.15) is 11.6 Å². The third-order valence-electron chi connectivity index (χ3n) is 6.01. The maximum Gasteiger partial charge on any atom is 0.270 e. The number of nitrogens with zero attached hydrogens (tertiary/aromatic N) is 4. The van der Waals surface area contributed by atoms with E-state index in [2.05, 4.69) is 20.5 Å². The van der Waals surface area contributed by atoms with Crippen LogP contribution in [0.1, 0.15) is 49.8 Å². The second-order valence-corrected chi connectivity index (χ2v) is 8.39. The van der Waals surface area contributed by atoms with Crippen LogP contribution in [-0.2, 0) is 10.7 Å². The second kappa shape index (κ2) is 9.40. The Morgan fingerprint density at radius 3 is 2.74 bits per heavy atom. The zero-order valence-electron chi connectivity index (χ0n) is 18.1. The molecule has 31 heavy (non-hydrogen) atoms. The Hall–Kier alpha value is -2.39. The van der Waals surface area contributed by atoms with Crippen molar-refractivity contribution in [3.8, 4) is 0 Å². The molecule has 0 amide bonds. The summed E-state index contributed by atoms with van der Waals surface area (Å²) in [6, 6.07) is 4.87. The van der Waals surface area contributed by atoms with Crippen LogP contribution in [0.2, 0.25) is 0 Å². The van der Waals surface area contributed by atoms with Gasteiger partial charge in [-0.05, 0) is 50.9 Å². The lowest BCUT2D eigenvalue weighted by Crippen LogP contribution is -2.34. The summed E-state index contributed by atoms with van der Waals surface area (Å²) in [5.41, 5.74) is 0.895. The summed E-state index contributed by atoms with van der Waals surface area (Å²) < 4.78 is 32.9. The van der Waals surface area contributed by atoms with E-state index in [1.54, 1.807) is 7.11 Å². The van der Waals surface area contributed by atoms with Crippen molar-refractivity contribution < 1.29 is 13.5 Å². The Labute approximate surface area is 181 Å². The first-order valence-corrected chi connectivity index (χ1v) is 10.9. The number of nitrogens with one attached hydrogen (secondary N) is 2. The maximum absolute atomic E-state index is 13.8. The minimum absolute atomic E-state index is 0.0856. The van der Waals surface area contributed by atoms with E-state index in [1.165, 1.54) is 18.3 Å². The summed E-state index contributed by atoms with van der Waals surface area (Å²) in [7, 11) is 1.71. The van der Waals surface area contributed by atoms with Crippen LogP contribution in [-0.4, -0.2) is 54.3 Å². The van der Waals surface area contributed by atoms with Gasteiger partial charge in [0.15, 0.2) is 0 Å². The van der Waals surface area contributed by atoms with Crippen LogP contribution >= 0.6 is 0 Å². The second-order valence-electron chi connectivity index (χ2n) is 8.39. The molecule has 168 valence electrons. The zero-order chi connectivity index (χ0) is 21.8. The van der Waals surface area contributed by atoms with E-state index < -0.39 is 5.92 Å². The minimum atomic E-state index is -2.93. The molecule has 0 bridgehead atoms. The third-order valence-corrected chi connectivity index (χ3v) is 6.01. The number of anilines is 3. The maximum atomic E-state index is 13.8. The van der Waals surface area contributed by atoms with Gasteiger partial charge in [0.25, 0.3) is 5.92 Å². The van der Waals surface area contributed by atoms with Gasteiger partial charge in [-0.3, -0.25) is 0 Å². The Kier molecular flexibility index (Phi) is 6.62. The Morgan fingerprint density at radius 2 is 2.00 bits per heavy atom. The molecule has 2 aliphatic heterocycles. The smallest absolute Gasteiger partial charge is 0.270 e. The van der Waals surface area contributed by atoms with E-state index in [1.807, 2.05) is 6.07 Å². The van der Waals surface area contributed by atoms with Gasteiger partial charge in [-0.1, -0.05) is 0 Å². The number of alkyl halides is 2. The van der Waals surface area contributed by atoms with Gasteiger partial charge in [-0.2, -0.15) is 4.98 Å². The molecule has 4 rings (SSSR count). The van der Waals surface area contributed by atoms with E-state index in [-0.39, 0.29) is 11.6 Å². The first-order valence-electron chi connectivity index (χ1n) is 10.9. The average Bonchev–Trinajstić information content (AvgIpc) is 3.22. The van der Waals surface area contributed by atoms with Crippen LogP contribution in [0.3, 0.4) is 0 Å². The molecule has 0 aromatic carbocycles. The number of rotatable bonds is 7. The molecule has 2 saturated heterocycles. The van der Waals surface area contributed by atoms with E-state index in [4.69, 9.17) is 14.7 Å². The molecule has 0 saturated carbocycles. The fourth-order valence-electron chi connectivity index (χ4n) is 4.34. The summed E-state index contributed by atoms with van der Waals surface area (Å²) in [5, 5.41) is 6.52. The molecule has 4 heterocycles. The number of piperidine rings is 1. The van der Waals surface area contributed by atoms with Gasteiger partial charge in [0.2, 0.25) is 5.95 Å². The number of hydrogen-bond donors (Lipinski definition) is 2. The molecule has 0 radical (unpaired) electrons. The molecule has 2 aliphatic rings. The summed E-state index contributed by atoms with van der Waals surface area (Å²) in [5.74, 6) is -1.01. The van der Waals surface area contributed by atoms with Gasteiger partial charge < -0.3 is 20.3 Å². The molecule has 2 aromatic heterocycles. The molecule has 1 atom stereocenters. The number of halogens is 2. The molecule has 1 unspecified atom stereocenters. The van der Waals surface area contributed by atoms with Crippen molar-refractivity contribution in [2.24, 2.45) is 0 Å². The number of hydrogen-bond acceptors (Lipinski definition) is 7. The monoisotopic (exact) mass is 432 g/mol. The topological polar surface area (TPSA) is 75.2 Å². The SMILES string of the molecule is COCC1CCCN1c1nc(Nc2cc(C(C)(F)F)ccn2)cc(C2CCNCC2)n1. The van der Waals surface area contributed by atoms with E-state index in [0.29, 0.717) is 30.1 Å². The molecular weight excluding hydrogens is 402 g/mol. The van der Waals surface area contributed by atoms with Crippen LogP contribution < -0.4 is 15.5 Å². The van der Waals surface area contributed by atoms with Crippen LogP contribution in [0.25, 0.3) is 0 Å². The molecule has 0 spiro atoms. The van der Waals surface area contributed by atoms with Gasteiger partial charge >= 0.3 is 0 Å². The summed E-state index contributed by atoms with van der Waals surface area (Å²) in [6.45, 7) is 4.29. The number of methoxy groups -OCH3 is 1. The average molecular weight is 433 g/mol. The molecule has 9 heteroatoms. The van der Waals surface area contributed by atoms with Crippen LogP contribution in [0.4, 0.5) is 26.4 Å². The first-order chi connectivity index (χ1) is 14.9. The van der Waals surface area contributed by atoms with Crippen LogP contribution in [0.15, 0.2) is 24.4 Å². The van der Waals surface area contributed by atoms with Crippen molar-refractivity contribution in [3.05, 3.63) is 35.7 Å². The number of ether oxygens (including phenoxy) is 1. The predicted molar refractivity (Wildman–Crippen MR) is 116 cm³/mol. The fourth-order valence-corrected chi connectivity index (χ4v) is 4.34. The lowest BCUT2D eigenvalue weighted by Gasteiger charge is -2.27. The van der Waals surface area contributed by atoms with Crippen molar-refractivity contribution >= 4 is 17.6 Å². The first kappa shape index (κ1) is 21.8. The van der Waals surface area contributed by atoms with E-state index in [9.17, 15) is 8.78 Å².